The maximum absolute atomic E-state index is 12.3. The monoisotopic (exact) mass is 390 g/mol. The maximum Gasteiger partial charge on any atom is 0.306 e. The molecule has 150 valence electrons. The number of carbonyl (C=O) groups excluding carboxylic acids is 2. The third kappa shape index (κ3) is 4.76. The molecule has 0 atom stereocenters. The van der Waals surface area contributed by atoms with Crippen molar-refractivity contribution >= 4 is 17.8 Å². The molecule has 3 rings (SSSR count). The van der Waals surface area contributed by atoms with E-state index < -0.39 is 11.9 Å². The largest absolute Gasteiger partial charge is 0.481 e. The van der Waals surface area contributed by atoms with Gasteiger partial charge in [-0.25, -0.2) is 0 Å². The predicted molar refractivity (Wildman–Crippen MR) is 94.9 cm³/mol. The standard InChI is InChI=1S/C18H22N4O6/c1-21(10-16(24)22-7-4-12(5-8-22)18(25)26)15(23)3-2-14-19-17(20-28-14)13-6-9-27-11-13/h6,9,11-12H,2-5,7-8,10H2,1H3,(H,25,26). The van der Waals surface area contributed by atoms with Crippen molar-refractivity contribution in [1.82, 2.24) is 19.9 Å². The molecule has 3 heterocycles. The molecule has 0 aromatic carbocycles. The Labute approximate surface area is 161 Å². The molecule has 1 saturated heterocycles. The number of aliphatic carboxylic acids is 1. The van der Waals surface area contributed by atoms with Crippen LogP contribution in [0.25, 0.3) is 11.4 Å². The second-order valence-corrected chi connectivity index (χ2v) is 6.77. The van der Waals surface area contributed by atoms with E-state index in [1.165, 1.54) is 17.4 Å². The lowest BCUT2D eigenvalue weighted by molar-refractivity contribution is -0.146. The molecular formula is C18H22N4O6. The van der Waals surface area contributed by atoms with E-state index in [0.29, 0.717) is 43.2 Å². The Morgan fingerprint density at radius 2 is 2.07 bits per heavy atom. The predicted octanol–water partition coefficient (Wildman–Crippen LogP) is 1.04. The number of carboxylic acids is 1. The molecule has 0 spiro atoms. The van der Waals surface area contributed by atoms with Gasteiger partial charge in [-0.05, 0) is 18.9 Å². The van der Waals surface area contributed by atoms with Crippen molar-refractivity contribution in [3.8, 4) is 11.4 Å². The van der Waals surface area contributed by atoms with Crippen molar-refractivity contribution < 1.29 is 28.4 Å². The molecule has 1 fully saturated rings. The van der Waals surface area contributed by atoms with E-state index in [2.05, 4.69) is 10.1 Å². The number of hydrogen-bond acceptors (Lipinski definition) is 7. The van der Waals surface area contributed by atoms with Crippen molar-refractivity contribution in [2.45, 2.75) is 25.7 Å². The Morgan fingerprint density at radius 3 is 2.71 bits per heavy atom. The highest BCUT2D eigenvalue weighted by Gasteiger charge is 2.27. The van der Waals surface area contributed by atoms with Crippen LogP contribution in [0.1, 0.15) is 25.2 Å². The quantitative estimate of drug-likeness (QED) is 0.742. The Bertz CT molecular complexity index is 823. The van der Waals surface area contributed by atoms with Crippen molar-refractivity contribution in [3.05, 3.63) is 24.5 Å². The molecule has 10 nitrogen and oxygen atoms in total. The van der Waals surface area contributed by atoms with Crippen LogP contribution in [0.5, 0.6) is 0 Å². The molecule has 0 bridgehead atoms. The highest BCUT2D eigenvalue weighted by molar-refractivity contribution is 5.85. The average molecular weight is 390 g/mol. The summed E-state index contributed by atoms with van der Waals surface area (Å²) in [4.78, 5) is 42.8. The van der Waals surface area contributed by atoms with E-state index >= 15 is 0 Å². The van der Waals surface area contributed by atoms with Crippen molar-refractivity contribution in [3.63, 3.8) is 0 Å². The molecule has 1 N–H and O–H groups in total. The second kappa shape index (κ2) is 8.68. The first kappa shape index (κ1) is 19.6. The number of carbonyl (C=O) groups is 3. The Kier molecular flexibility index (Phi) is 6.07. The number of hydrogen-bond donors (Lipinski definition) is 1. The van der Waals surface area contributed by atoms with Gasteiger partial charge in [-0.2, -0.15) is 4.98 Å². The average Bonchev–Trinajstić information content (AvgIpc) is 3.37. The van der Waals surface area contributed by atoms with Crippen LogP contribution in [0.2, 0.25) is 0 Å². The summed E-state index contributed by atoms with van der Waals surface area (Å²) in [6.07, 6.45) is 4.29. The lowest BCUT2D eigenvalue weighted by atomic mass is 9.97. The molecule has 0 saturated carbocycles. The van der Waals surface area contributed by atoms with Crippen molar-refractivity contribution in [2.75, 3.05) is 26.7 Å². The first-order valence-electron chi connectivity index (χ1n) is 9.03. The highest BCUT2D eigenvalue weighted by atomic mass is 16.5. The van der Waals surface area contributed by atoms with Crippen LogP contribution in [0.4, 0.5) is 0 Å². The normalized spacial score (nSPS) is 14.8. The number of piperidine rings is 1. The smallest absolute Gasteiger partial charge is 0.306 e. The number of furan rings is 1. The fourth-order valence-corrected chi connectivity index (χ4v) is 3.04. The third-order valence-corrected chi connectivity index (χ3v) is 4.80. The topological polar surface area (TPSA) is 130 Å². The van der Waals surface area contributed by atoms with E-state index in [-0.39, 0.29) is 31.2 Å². The van der Waals surface area contributed by atoms with Gasteiger partial charge in [0.1, 0.15) is 6.26 Å². The van der Waals surface area contributed by atoms with Crippen LogP contribution in [0.3, 0.4) is 0 Å². The van der Waals surface area contributed by atoms with Gasteiger partial charge in [-0.3, -0.25) is 14.4 Å². The van der Waals surface area contributed by atoms with Crippen LogP contribution < -0.4 is 0 Å². The number of nitrogens with zero attached hydrogens (tertiary/aromatic N) is 4. The zero-order valence-corrected chi connectivity index (χ0v) is 15.5. The van der Waals surface area contributed by atoms with Crippen LogP contribution >= 0.6 is 0 Å². The minimum Gasteiger partial charge on any atom is -0.481 e. The highest BCUT2D eigenvalue weighted by Crippen LogP contribution is 2.18. The molecule has 0 unspecified atom stereocenters. The van der Waals surface area contributed by atoms with Gasteiger partial charge in [0.25, 0.3) is 0 Å². The fourth-order valence-electron chi connectivity index (χ4n) is 3.04. The fraction of sp³-hybridized carbons (Fsp3) is 0.500. The number of aryl methyl sites for hydroxylation is 1. The first-order chi connectivity index (χ1) is 13.4. The summed E-state index contributed by atoms with van der Waals surface area (Å²) in [5.74, 6) is -0.887. The summed E-state index contributed by atoms with van der Waals surface area (Å²) in [7, 11) is 1.56. The molecule has 1 aliphatic heterocycles. The summed E-state index contributed by atoms with van der Waals surface area (Å²) in [5.41, 5.74) is 0.690. The number of likely N-dealkylation sites (tertiary alicyclic amines) is 1. The van der Waals surface area contributed by atoms with Gasteiger partial charge in [0.15, 0.2) is 0 Å². The zero-order chi connectivity index (χ0) is 20.1. The number of carboxylic acid groups (broad SMARTS) is 1. The van der Waals surface area contributed by atoms with E-state index in [9.17, 15) is 14.4 Å². The van der Waals surface area contributed by atoms with Crippen LogP contribution in [-0.4, -0.2) is 69.5 Å². The Hall–Kier alpha value is -3.17. The summed E-state index contributed by atoms with van der Waals surface area (Å²) in [6, 6.07) is 1.71. The van der Waals surface area contributed by atoms with E-state index in [4.69, 9.17) is 14.0 Å². The Morgan fingerprint density at radius 1 is 1.32 bits per heavy atom. The van der Waals surface area contributed by atoms with Gasteiger partial charge in [0, 0.05) is 33.0 Å². The van der Waals surface area contributed by atoms with Gasteiger partial charge < -0.3 is 23.8 Å². The number of aromatic nitrogens is 2. The third-order valence-electron chi connectivity index (χ3n) is 4.80. The van der Waals surface area contributed by atoms with Gasteiger partial charge >= 0.3 is 5.97 Å². The van der Waals surface area contributed by atoms with Gasteiger partial charge in [-0.1, -0.05) is 5.16 Å². The van der Waals surface area contributed by atoms with Crippen LogP contribution in [0.15, 0.2) is 27.5 Å². The van der Waals surface area contributed by atoms with Crippen LogP contribution in [-0.2, 0) is 20.8 Å². The number of amides is 2. The number of rotatable bonds is 7. The van der Waals surface area contributed by atoms with Gasteiger partial charge in [-0.15, -0.1) is 0 Å². The molecule has 10 heteroatoms. The first-order valence-corrected chi connectivity index (χ1v) is 9.03. The summed E-state index contributed by atoms with van der Waals surface area (Å²) in [6.45, 7) is 0.758. The van der Waals surface area contributed by atoms with E-state index in [1.807, 2.05) is 0 Å². The molecular weight excluding hydrogens is 368 g/mol. The molecule has 2 aromatic heterocycles. The molecule has 0 radical (unpaired) electrons. The van der Waals surface area contributed by atoms with Gasteiger partial charge in [0.05, 0.1) is 24.3 Å². The molecule has 2 amide bonds. The molecule has 1 aliphatic rings. The number of likely N-dealkylation sites (N-methyl/N-ethyl adjacent to an activating group) is 1. The Balaban J connectivity index is 1.43. The maximum atomic E-state index is 12.3. The van der Waals surface area contributed by atoms with E-state index in [1.54, 1.807) is 18.0 Å². The summed E-state index contributed by atoms with van der Waals surface area (Å²) in [5, 5.41) is 12.8. The minimum absolute atomic E-state index is 0.0410. The summed E-state index contributed by atoms with van der Waals surface area (Å²) < 4.78 is 10.1. The lowest BCUT2D eigenvalue weighted by Gasteiger charge is -2.31. The summed E-state index contributed by atoms with van der Waals surface area (Å²) >= 11 is 0. The molecule has 0 aliphatic carbocycles. The molecule has 28 heavy (non-hydrogen) atoms. The lowest BCUT2D eigenvalue weighted by Crippen LogP contribution is -2.45. The van der Waals surface area contributed by atoms with E-state index in [0.717, 1.165) is 0 Å². The van der Waals surface area contributed by atoms with Crippen LogP contribution in [0, 0.1) is 5.92 Å². The van der Waals surface area contributed by atoms with Crippen molar-refractivity contribution in [1.29, 1.82) is 0 Å². The van der Waals surface area contributed by atoms with Gasteiger partial charge in [0.2, 0.25) is 23.5 Å². The zero-order valence-electron chi connectivity index (χ0n) is 15.5. The second-order valence-electron chi connectivity index (χ2n) is 6.77. The van der Waals surface area contributed by atoms with Crippen molar-refractivity contribution in [2.24, 2.45) is 5.92 Å². The molecule has 2 aromatic rings. The minimum atomic E-state index is -0.823. The SMILES string of the molecule is CN(CC(=O)N1CCC(C(=O)O)CC1)C(=O)CCc1nc(-c2ccoc2)no1.